The number of piperazine rings is 1. The van der Waals surface area contributed by atoms with Gasteiger partial charge in [-0.2, -0.15) is 4.31 Å². The Bertz CT molecular complexity index is 1140. The summed E-state index contributed by atoms with van der Waals surface area (Å²) in [5.41, 5.74) is 0.926. The van der Waals surface area contributed by atoms with Crippen LogP contribution in [0.15, 0.2) is 47.4 Å². The van der Waals surface area contributed by atoms with Gasteiger partial charge in [0.15, 0.2) is 0 Å². The molecule has 2 aromatic rings. The molecule has 2 aliphatic heterocycles. The molecule has 0 N–H and O–H groups in total. The van der Waals surface area contributed by atoms with E-state index in [0.717, 1.165) is 18.5 Å². The third-order valence-electron chi connectivity index (χ3n) is 6.43. The van der Waals surface area contributed by atoms with Crippen molar-refractivity contribution in [3.8, 4) is 0 Å². The molecule has 1 unspecified atom stereocenters. The minimum atomic E-state index is -3.77. The Morgan fingerprint density at radius 3 is 2.37 bits per heavy atom. The number of hydrogen-bond donors (Lipinski definition) is 0. The zero-order valence-electron chi connectivity index (χ0n) is 19.2. The highest BCUT2D eigenvalue weighted by Gasteiger charge is 2.34. The molecule has 11 heteroatoms. The Kier molecular flexibility index (Phi) is 8.54. The highest BCUT2D eigenvalue weighted by molar-refractivity contribution is 7.89. The van der Waals surface area contributed by atoms with Crippen LogP contribution < -0.4 is 4.90 Å². The number of carbonyl (C=O) groups excluding carboxylic acids is 1. The van der Waals surface area contributed by atoms with Gasteiger partial charge in [-0.1, -0.05) is 29.6 Å². The first-order chi connectivity index (χ1) is 16.8. The second-order valence-electron chi connectivity index (χ2n) is 8.70. The fourth-order valence-electron chi connectivity index (χ4n) is 4.47. The molecular formula is C24H28Cl2FN3O4S. The standard InChI is InChI=1S/C24H28Cl2FN3O4S/c25-22-9-8-21(15-23(22)26)35(32,33)30-10-2-1-3-20(30)16-34-17-24(31)29-13-11-28(12-14-29)19-6-4-18(27)5-7-19/h4-9,15,20H,1-3,10-14,16-17H2. The lowest BCUT2D eigenvalue weighted by atomic mass is 10.1. The predicted octanol–water partition coefficient (Wildman–Crippen LogP) is 4.04. The number of amides is 1. The van der Waals surface area contributed by atoms with Gasteiger partial charge in [-0.25, -0.2) is 12.8 Å². The van der Waals surface area contributed by atoms with E-state index in [4.69, 9.17) is 27.9 Å². The van der Waals surface area contributed by atoms with E-state index in [-0.39, 0.29) is 40.9 Å². The molecule has 2 heterocycles. The number of hydrogen-bond acceptors (Lipinski definition) is 5. The summed E-state index contributed by atoms with van der Waals surface area (Å²) in [4.78, 5) is 16.6. The summed E-state index contributed by atoms with van der Waals surface area (Å²) in [6, 6.07) is 10.3. The lowest BCUT2D eigenvalue weighted by molar-refractivity contribution is -0.137. The Morgan fingerprint density at radius 2 is 1.69 bits per heavy atom. The lowest BCUT2D eigenvalue weighted by Gasteiger charge is -2.36. The summed E-state index contributed by atoms with van der Waals surface area (Å²) < 4.78 is 46.8. The van der Waals surface area contributed by atoms with Gasteiger partial charge in [0.25, 0.3) is 0 Å². The van der Waals surface area contributed by atoms with Gasteiger partial charge in [0.2, 0.25) is 15.9 Å². The van der Waals surface area contributed by atoms with Crippen molar-refractivity contribution < 1.29 is 22.3 Å². The largest absolute Gasteiger partial charge is 0.370 e. The fraction of sp³-hybridized carbons (Fsp3) is 0.458. The first-order valence-corrected chi connectivity index (χ1v) is 13.8. The van der Waals surface area contributed by atoms with E-state index < -0.39 is 10.0 Å². The maximum Gasteiger partial charge on any atom is 0.248 e. The highest BCUT2D eigenvalue weighted by Crippen LogP contribution is 2.30. The molecule has 2 aromatic carbocycles. The molecule has 4 rings (SSSR count). The van der Waals surface area contributed by atoms with Crippen LogP contribution in [-0.2, 0) is 19.6 Å². The topological polar surface area (TPSA) is 70.2 Å². The summed E-state index contributed by atoms with van der Waals surface area (Å²) in [6.45, 7) is 2.80. The first-order valence-electron chi connectivity index (χ1n) is 11.6. The normalized spacial score (nSPS) is 19.7. The van der Waals surface area contributed by atoms with E-state index in [1.54, 1.807) is 17.0 Å². The van der Waals surface area contributed by atoms with E-state index in [1.807, 2.05) is 0 Å². The van der Waals surface area contributed by atoms with E-state index in [0.29, 0.717) is 44.2 Å². The van der Waals surface area contributed by atoms with Crippen LogP contribution in [0.4, 0.5) is 10.1 Å². The summed E-state index contributed by atoms with van der Waals surface area (Å²) in [5.74, 6) is -0.403. The molecule has 0 spiro atoms. The summed E-state index contributed by atoms with van der Waals surface area (Å²) >= 11 is 12.0. The number of benzene rings is 2. The molecule has 2 saturated heterocycles. The van der Waals surface area contributed by atoms with Crippen molar-refractivity contribution in [2.45, 2.75) is 30.2 Å². The zero-order valence-corrected chi connectivity index (χ0v) is 21.5. The number of nitrogens with zero attached hydrogens (tertiary/aromatic N) is 3. The second-order valence-corrected chi connectivity index (χ2v) is 11.4. The van der Waals surface area contributed by atoms with E-state index in [2.05, 4.69) is 4.90 Å². The van der Waals surface area contributed by atoms with Crippen LogP contribution in [0.1, 0.15) is 19.3 Å². The van der Waals surface area contributed by atoms with Crippen LogP contribution in [0.5, 0.6) is 0 Å². The summed E-state index contributed by atoms with van der Waals surface area (Å²) in [7, 11) is -3.77. The van der Waals surface area contributed by atoms with Crippen LogP contribution in [0, 0.1) is 5.82 Å². The monoisotopic (exact) mass is 543 g/mol. The first kappa shape index (κ1) is 26.2. The molecule has 1 atom stereocenters. The average molecular weight is 544 g/mol. The Labute approximate surface area is 215 Å². The number of carbonyl (C=O) groups is 1. The molecule has 0 aliphatic carbocycles. The van der Waals surface area contributed by atoms with Crippen LogP contribution in [0.25, 0.3) is 0 Å². The lowest BCUT2D eigenvalue weighted by Crippen LogP contribution is -2.50. The van der Waals surface area contributed by atoms with Gasteiger partial charge in [0, 0.05) is 44.5 Å². The van der Waals surface area contributed by atoms with Crippen LogP contribution in [0.2, 0.25) is 10.0 Å². The molecule has 7 nitrogen and oxygen atoms in total. The maximum absolute atomic E-state index is 13.2. The van der Waals surface area contributed by atoms with Crippen molar-refractivity contribution in [1.82, 2.24) is 9.21 Å². The number of sulfonamides is 1. The van der Waals surface area contributed by atoms with Crippen LogP contribution in [0.3, 0.4) is 0 Å². The molecule has 0 saturated carbocycles. The Balaban J connectivity index is 1.29. The second kappa shape index (κ2) is 11.4. The summed E-state index contributed by atoms with van der Waals surface area (Å²) in [5, 5.41) is 0.476. The third kappa shape index (κ3) is 6.27. The van der Waals surface area contributed by atoms with Crippen molar-refractivity contribution >= 4 is 44.8 Å². The van der Waals surface area contributed by atoms with E-state index in [1.165, 1.54) is 34.6 Å². The van der Waals surface area contributed by atoms with Gasteiger partial charge < -0.3 is 14.5 Å². The van der Waals surface area contributed by atoms with Gasteiger partial charge in [0.05, 0.1) is 21.5 Å². The van der Waals surface area contributed by atoms with E-state index >= 15 is 0 Å². The van der Waals surface area contributed by atoms with Crippen LogP contribution >= 0.6 is 23.2 Å². The number of rotatable bonds is 7. The minimum absolute atomic E-state index is 0.0916. The quantitative estimate of drug-likeness (QED) is 0.527. The molecular weight excluding hydrogens is 516 g/mol. The van der Waals surface area contributed by atoms with Crippen molar-refractivity contribution in [2.75, 3.05) is 50.8 Å². The van der Waals surface area contributed by atoms with Gasteiger partial charge in [-0.3, -0.25) is 4.79 Å². The number of ether oxygens (including phenoxy) is 1. The molecule has 2 aliphatic rings. The third-order valence-corrected chi connectivity index (χ3v) is 9.12. The summed E-state index contributed by atoms with van der Waals surface area (Å²) in [6.07, 6.45) is 2.31. The molecule has 1 amide bonds. The van der Waals surface area contributed by atoms with Crippen molar-refractivity contribution in [3.63, 3.8) is 0 Å². The molecule has 0 aromatic heterocycles. The maximum atomic E-state index is 13.2. The Hall–Kier alpha value is -1.91. The van der Waals surface area contributed by atoms with Gasteiger partial charge in [-0.15, -0.1) is 0 Å². The molecule has 0 bridgehead atoms. The van der Waals surface area contributed by atoms with Gasteiger partial charge in [0.1, 0.15) is 12.4 Å². The van der Waals surface area contributed by atoms with Crippen molar-refractivity contribution in [2.24, 2.45) is 0 Å². The van der Waals surface area contributed by atoms with Crippen molar-refractivity contribution in [1.29, 1.82) is 0 Å². The van der Waals surface area contributed by atoms with Gasteiger partial charge >= 0.3 is 0 Å². The van der Waals surface area contributed by atoms with Crippen LogP contribution in [-0.4, -0.2) is 75.5 Å². The zero-order chi connectivity index (χ0) is 25.0. The molecule has 2 fully saturated rings. The SMILES string of the molecule is O=C(COCC1CCCCN1S(=O)(=O)c1ccc(Cl)c(Cl)c1)N1CCN(c2ccc(F)cc2)CC1. The smallest absolute Gasteiger partial charge is 0.248 e. The predicted molar refractivity (Wildman–Crippen MR) is 134 cm³/mol. The minimum Gasteiger partial charge on any atom is -0.370 e. The average Bonchev–Trinajstić information content (AvgIpc) is 2.86. The number of halogens is 3. The highest BCUT2D eigenvalue weighted by atomic mass is 35.5. The number of piperidine rings is 1. The van der Waals surface area contributed by atoms with Gasteiger partial charge in [-0.05, 0) is 55.3 Å². The molecule has 0 radical (unpaired) electrons. The van der Waals surface area contributed by atoms with E-state index in [9.17, 15) is 17.6 Å². The fourth-order valence-corrected chi connectivity index (χ4v) is 6.54. The molecule has 35 heavy (non-hydrogen) atoms. The molecule has 190 valence electrons. The number of anilines is 1. The van der Waals surface area contributed by atoms with Crippen molar-refractivity contribution in [3.05, 3.63) is 58.3 Å². The Morgan fingerprint density at radius 1 is 0.971 bits per heavy atom.